The summed E-state index contributed by atoms with van der Waals surface area (Å²) in [5.74, 6) is 0.107. The van der Waals surface area contributed by atoms with Crippen LogP contribution < -0.4 is 5.73 Å². The monoisotopic (exact) mass is 200 g/mol. The van der Waals surface area contributed by atoms with E-state index in [1.807, 2.05) is 13.8 Å². The van der Waals surface area contributed by atoms with Gasteiger partial charge in [0.1, 0.15) is 0 Å². The van der Waals surface area contributed by atoms with Crippen molar-refractivity contribution in [1.29, 1.82) is 0 Å². The Balaban J connectivity index is 2.64. The smallest absolute Gasteiger partial charge is 0.230 e. The molecule has 0 aliphatic carbocycles. The average Bonchev–Trinajstić information content (AvgIpc) is 2.16. The van der Waals surface area contributed by atoms with Gasteiger partial charge in [-0.25, -0.2) is 0 Å². The molecule has 0 aromatic rings. The molecule has 4 heteroatoms. The van der Waals surface area contributed by atoms with Crippen molar-refractivity contribution >= 4 is 5.91 Å². The number of aliphatic hydroxyl groups is 1. The second-order valence-corrected chi connectivity index (χ2v) is 4.06. The fourth-order valence-corrected chi connectivity index (χ4v) is 1.88. The lowest BCUT2D eigenvalue weighted by Crippen LogP contribution is -2.59. The molecule has 0 bridgehead atoms. The van der Waals surface area contributed by atoms with Crippen LogP contribution in [0.25, 0.3) is 0 Å². The number of carbonyl (C=O) groups excluding carboxylic acids is 1. The van der Waals surface area contributed by atoms with Gasteiger partial charge in [-0.1, -0.05) is 13.8 Å². The zero-order valence-electron chi connectivity index (χ0n) is 8.99. The van der Waals surface area contributed by atoms with Gasteiger partial charge in [0.05, 0.1) is 11.5 Å². The molecule has 1 aliphatic heterocycles. The van der Waals surface area contributed by atoms with Gasteiger partial charge in [-0.15, -0.1) is 0 Å². The summed E-state index contributed by atoms with van der Waals surface area (Å²) in [6.45, 7) is 5.32. The number of nitrogens with two attached hydrogens (primary N) is 1. The minimum absolute atomic E-state index is 0.107. The quantitative estimate of drug-likeness (QED) is 0.669. The number of likely N-dealkylation sites (tertiary alicyclic amines) is 1. The molecule has 4 nitrogen and oxygen atoms in total. The molecule has 1 fully saturated rings. The zero-order chi connectivity index (χ0) is 10.8. The first-order valence-corrected chi connectivity index (χ1v) is 5.27. The van der Waals surface area contributed by atoms with Gasteiger partial charge in [0, 0.05) is 19.6 Å². The van der Waals surface area contributed by atoms with Gasteiger partial charge >= 0.3 is 0 Å². The predicted octanol–water partition coefficient (Wildman–Crippen LogP) is -0.0454. The Hall–Kier alpha value is -0.610. The molecule has 82 valence electrons. The van der Waals surface area contributed by atoms with Crippen LogP contribution in [-0.4, -0.2) is 41.7 Å². The highest BCUT2D eigenvalue weighted by Crippen LogP contribution is 2.29. The van der Waals surface area contributed by atoms with Gasteiger partial charge in [-0.05, 0) is 12.8 Å². The molecule has 0 aromatic carbocycles. The number of nitrogens with zero attached hydrogens (tertiary/aromatic N) is 1. The molecule has 0 saturated carbocycles. The first-order valence-electron chi connectivity index (χ1n) is 5.27. The molecule has 1 aliphatic rings. The van der Waals surface area contributed by atoms with Crippen molar-refractivity contribution in [3.63, 3.8) is 0 Å². The van der Waals surface area contributed by atoms with Crippen molar-refractivity contribution in [1.82, 2.24) is 4.90 Å². The van der Waals surface area contributed by atoms with Crippen LogP contribution in [0.5, 0.6) is 0 Å². The Labute approximate surface area is 85.1 Å². The summed E-state index contributed by atoms with van der Waals surface area (Å²) in [6.07, 6.45) is 1.21. The standard InChI is InChI=1S/C10H20N2O2/c1-3-10(4-2,7-11)9(14)12-5-8(13)6-12/h8,13H,3-7,11H2,1-2H3. The van der Waals surface area contributed by atoms with Crippen molar-refractivity contribution in [3.8, 4) is 0 Å². The number of amides is 1. The van der Waals surface area contributed by atoms with E-state index >= 15 is 0 Å². The third-order valence-electron chi connectivity index (χ3n) is 3.35. The van der Waals surface area contributed by atoms with Crippen molar-refractivity contribution in [2.45, 2.75) is 32.8 Å². The number of aliphatic hydroxyl groups excluding tert-OH is 1. The summed E-state index contributed by atoms with van der Waals surface area (Å²) < 4.78 is 0. The van der Waals surface area contributed by atoms with Crippen LogP contribution in [0, 0.1) is 5.41 Å². The van der Waals surface area contributed by atoms with E-state index in [0.29, 0.717) is 19.6 Å². The Bertz CT molecular complexity index is 200. The SMILES string of the molecule is CCC(CC)(CN)C(=O)N1CC(O)C1. The van der Waals surface area contributed by atoms with Crippen LogP contribution in [0.15, 0.2) is 0 Å². The van der Waals surface area contributed by atoms with Crippen molar-refractivity contribution < 1.29 is 9.90 Å². The lowest BCUT2D eigenvalue weighted by Gasteiger charge is -2.42. The number of hydrogen-bond donors (Lipinski definition) is 2. The predicted molar refractivity (Wildman–Crippen MR) is 54.7 cm³/mol. The molecule has 1 saturated heterocycles. The van der Waals surface area contributed by atoms with Gasteiger partial charge in [0.2, 0.25) is 5.91 Å². The molecule has 0 aromatic heterocycles. The molecule has 0 spiro atoms. The third kappa shape index (κ3) is 1.77. The molecule has 1 rings (SSSR count). The number of hydrogen-bond acceptors (Lipinski definition) is 3. The van der Waals surface area contributed by atoms with Crippen LogP contribution in [0.1, 0.15) is 26.7 Å². The summed E-state index contributed by atoms with van der Waals surface area (Å²) >= 11 is 0. The van der Waals surface area contributed by atoms with Gasteiger partial charge in [0.15, 0.2) is 0 Å². The second kappa shape index (κ2) is 4.28. The van der Waals surface area contributed by atoms with E-state index in [2.05, 4.69) is 0 Å². The van der Waals surface area contributed by atoms with Gasteiger partial charge in [-0.2, -0.15) is 0 Å². The number of rotatable bonds is 4. The molecule has 1 amide bonds. The second-order valence-electron chi connectivity index (χ2n) is 4.06. The maximum absolute atomic E-state index is 12.0. The van der Waals surface area contributed by atoms with E-state index in [-0.39, 0.29) is 12.0 Å². The van der Waals surface area contributed by atoms with Crippen LogP contribution >= 0.6 is 0 Å². The number of β-amino-alcohol motifs (C(OH)–C–C–N with tert-alkyl or cyclic N) is 1. The summed E-state index contributed by atoms with van der Waals surface area (Å²) in [4.78, 5) is 13.7. The van der Waals surface area contributed by atoms with Gasteiger partial charge in [0.25, 0.3) is 0 Å². The lowest BCUT2D eigenvalue weighted by molar-refractivity contribution is -0.152. The summed E-state index contributed by atoms with van der Waals surface area (Å²) in [6, 6.07) is 0. The first-order chi connectivity index (χ1) is 6.59. The largest absolute Gasteiger partial charge is 0.389 e. The molecular formula is C10H20N2O2. The fourth-order valence-electron chi connectivity index (χ4n) is 1.88. The fraction of sp³-hybridized carbons (Fsp3) is 0.900. The highest BCUT2D eigenvalue weighted by atomic mass is 16.3. The molecule has 14 heavy (non-hydrogen) atoms. The normalized spacial score (nSPS) is 18.1. The minimum atomic E-state index is -0.403. The topological polar surface area (TPSA) is 66.6 Å². The van der Waals surface area contributed by atoms with E-state index in [1.165, 1.54) is 0 Å². The molecular weight excluding hydrogens is 180 g/mol. The highest BCUT2D eigenvalue weighted by Gasteiger charge is 2.41. The first kappa shape index (κ1) is 11.5. The average molecular weight is 200 g/mol. The minimum Gasteiger partial charge on any atom is -0.389 e. The Kier molecular flexibility index (Phi) is 3.50. The van der Waals surface area contributed by atoms with Gasteiger partial charge in [-0.3, -0.25) is 4.79 Å². The molecule has 3 N–H and O–H groups in total. The molecule has 0 unspecified atom stereocenters. The lowest BCUT2D eigenvalue weighted by atomic mass is 9.80. The van der Waals surface area contributed by atoms with Crippen molar-refractivity contribution in [3.05, 3.63) is 0 Å². The Morgan fingerprint density at radius 1 is 1.50 bits per heavy atom. The summed E-state index contributed by atoms with van der Waals surface area (Å²) in [5, 5.41) is 9.13. The van der Waals surface area contributed by atoms with E-state index in [9.17, 15) is 4.79 Å². The summed E-state index contributed by atoms with van der Waals surface area (Å²) in [7, 11) is 0. The zero-order valence-corrected chi connectivity index (χ0v) is 8.99. The van der Waals surface area contributed by atoms with Crippen LogP contribution in [-0.2, 0) is 4.79 Å². The van der Waals surface area contributed by atoms with E-state index < -0.39 is 5.41 Å². The van der Waals surface area contributed by atoms with E-state index in [0.717, 1.165) is 12.8 Å². The third-order valence-corrected chi connectivity index (χ3v) is 3.35. The molecule has 0 atom stereocenters. The van der Waals surface area contributed by atoms with Crippen LogP contribution in [0.4, 0.5) is 0 Å². The molecule has 0 radical (unpaired) electrons. The number of carbonyl (C=O) groups is 1. The van der Waals surface area contributed by atoms with E-state index in [1.54, 1.807) is 4.90 Å². The maximum Gasteiger partial charge on any atom is 0.230 e. The van der Waals surface area contributed by atoms with Crippen LogP contribution in [0.2, 0.25) is 0 Å². The summed E-state index contributed by atoms with van der Waals surface area (Å²) in [5.41, 5.74) is 5.27. The van der Waals surface area contributed by atoms with E-state index in [4.69, 9.17) is 10.8 Å². The Morgan fingerprint density at radius 2 is 2.00 bits per heavy atom. The molecule has 1 heterocycles. The maximum atomic E-state index is 12.0. The van der Waals surface area contributed by atoms with Crippen LogP contribution in [0.3, 0.4) is 0 Å². The van der Waals surface area contributed by atoms with Crippen molar-refractivity contribution in [2.75, 3.05) is 19.6 Å². The highest BCUT2D eigenvalue weighted by molar-refractivity contribution is 5.83. The van der Waals surface area contributed by atoms with Gasteiger partial charge < -0.3 is 15.7 Å². The Morgan fingerprint density at radius 3 is 2.29 bits per heavy atom. The van der Waals surface area contributed by atoms with Crippen molar-refractivity contribution in [2.24, 2.45) is 11.1 Å².